The molecule has 1 aliphatic heterocycles. The molecule has 0 amide bonds. The first-order valence-corrected chi connectivity index (χ1v) is 6.07. The Bertz CT molecular complexity index is 348. The predicted molar refractivity (Wildman–Crippen MR) is 65.3 cm³/mol. The maximum Gasteiger partial charge on any atom is 0.162 e. The summed E-state index contributed by atoms with van der Waals surface area (Å²) < 4.78 is 0. The van der Waals surface area contributed by atoms with Crippen molar-refractivity contribution in [3.8, 4) is 0 Å². The molecule has 1 saturated heterocycles. The summed E-state index contributed by atoms with van der Waals surface area (Å²) in [5.41, 5.74) is 3.30. The summed E-state index contributed by atoms with van der Waals surface area (Å²) in [6.07, 6.45) is 6.82. The van der Waals surface area contributed by atoms with Crippen LogP contribution in [0.15, 0.2) is 12.5 Å². The van der Waals surface area contributed by atoms with E-state index in [9.17, 15) is 0 Å². The van der Waals surface area contributed by atoms with Gasteiger partial charge in [0, 0.05) is 12.1 Å². The molecule has 0 aliphatic carbocycles. The topological polar surface area (TPSA) is 41.0 Å². The van der Waals surface area contributed by atoms with E-state index in [0.29, 0.717) is 22.9 Å². The van der Waals surface area contributed by atoms with Gasteiger partial charge < -0.3 is 5.43 Å². The molecular weight excluding hydrogens is 224 g/mol. The molecule has 4 nitrogen and oxygen atoms in total. The van der Waals surface area contributed by atoms with Crippen LogP contribution in [0.25, 0.3) is 0 Å². The third kappa shape index (κ3) is 2.44. The molecule has 1 aromatic heterocycles. The van der Waals surface area contributed by atoms with Gasteiger partial charge >= 0.3 is 0 Å². The van der Waals surface area contributed by atoms with Crippen molar-refractivity contribution in [2.45, 2.75) is 45.2 Å². The van der Waals surface area contributed by atoms with Gasteiger partial charge in [-0.25, -0.2) is 15.0 Å². The zero-order valence-electron chi connectivity index (χ0n) is 9.65. The SMILES string of the molecule is CC1CCCC(C)N1Nc1ncncc1Cl. The lowest BCUT2D eigenvalue weighted by atomic mass is 10.00. The number of aromatic nitrogens is 2. The molecule has 0 spiro atoms. The van der Waals surface area contributed by atoms with E-state index in [4.69, 9.17) is 11.6 Å². The second-order valence-corrected chi connectivity index (χ2v) is 4.77. The summed E-state index contributed by atoms with van der Waals surface area (Å²) in [5, 5.41) is 2.80. The molecule has 0 bridgehead atoms. The van der Waals surface area contributed by atoms with E-state index in [1.54, 1.807) is 6.20 Å². The number of piperidine rings is 1. The van der Waals surface area contributed by atoms with Crippen molar-refractivity contribution in [3.63, 3.8) is 0 Å². The van der Waals surface area contributed by atoms with E-state index >= 15 is 0 Å². The highest BCUT2D eigenvalue weighted by atomic mass is 35.5. The van der Waals surface area contributed by atoms with Gasteiger partial charge in [-0.3, -0.25) is 0 Å². The molecule has 0 aromatic carbocycles. The van der Waals surface area contributed by atoms with Crippen LogP contribution in [0.5, 0.6) is 0 Å². The summed E-state index contributed by atoms with van der Waals surface area (Å²) in [6.45, 7) is 4.44. The van der Waals surface area contributed by atoms with Gasteiger partial charge in [0.2, 0.25) is 0 Å². The molecule has 0 saturated carbocycles. The van der Waals surface area contributed by atoms with Gasteiger partial charge in [0.15, 0.2) is 5.82 Å². The quantitative estimate of drug-likeness (QED) is 0.863. The first kappa shape index (κ1) is 11.6. The molecule has 2 unspecified atom stereocenters. The molecule has 88 valence electrons. The van der Waals surface area contributed by atoms with Gasteiger partial charge in [-0.2, -0.15) is 0 Å². The van der Waals surface area contributed by atoms with Gasteiger partial charge in [-0.05, 0) is 26.7 Å². The summed E-state index contributed by atoms with van der Waals surface area (Å²) in [4.78, 5) is 8.02. The average molecular weight is 241 g/mol. The monoisotopic (exact) mass is 240 g/mol. The third-order valence-electron chi connectivity index (χ3n) is 3.10. The Morgan fingerprint density at radius 2 is 2.06 bits per heavy atom. The first-order chi connectivity index (χ1) is 7.68. The Labute approximate surface area is 101 Å². The number of anilines is 1. The number of nitrogens with zero attached hydrogens (tertiary/aromatic N) is 3. The van der Waals surface area contributed by atoms with Crippen molar-refractivity contribution in [1.29, 1.82) is 0 Å². The van der Waals surface area contributed by atoms with Crippen LogP contribution in [0.2, 0.25) is 5.02 Å². The van der Waals surface area contributed by atoms with E-state index in [-0.39, 0.29) is 0 Å². The minimum atomic E-state index is 0.509. The minimum absolute atomic E-state index is 0.509. The van der Waals surface area contributed by atoms with Crippen LogP contribution < -0.4 is 5.43 Å². The minimum Gasteiger partial charge on any atom is -0.301 e. The Balaban J connectivity index is 2.11. The number of nitrogens with one attached hydrogen (secondary N) is 1. The fourth-order valence-electron chi connectivity index (χ4n) is 2.16. The van der Waals surface area contributed by atoms with Gasteiger partial charge in [0.05, 0.1) is 6.20 Å². The molecule has 1 N–H and O–H groups in total. The highest BCUT2D eigenvalue weighted by Crippen LogP contribution is 2.25. The highest BCUT2D eigenvalue weighted by Gasteiger charge is 2.25. The summed E-state index contributed by atoms with van der Waals surface area (Å²) in [6, 6.07) is 1.02. The standard InChI is InChI=1S/C11H17ClN4/c1-8-4-3-5-9(2)16(8)15-11-10(12)6-13-7-14-11/h6-9H,3-5H2,1-2H3,(H,13,14,15). The van der Waals surface area contributed by atoms with E-state index < -0.39 is 0 Å². The lowest BCUT2D eigenvalue weighted by Gasteiger charge is -2.39. The van der Waals surface area contributed by atoms with Crippen LogP contribution in [0.3, 0.4) is 0 Å². The van der Waals surface area contributed by atoms with Crippen LogP contribution in [-0.2, 0) is 0 Å². The van der Waals surface area contributed by atoms with Crippen LogP contribution >= 0.6 is 11.6 Å². The van der Waals surface area contributed by atoms with Crippen LogP contribution in [0.4, 0.5) is 5.82 Å². The van der Waals surface area contributed by atoms with Crippen LogP contribution in [-0.4, -0.2) is 27.1 Å². The van der Waals surface area contributed by atoms with Gasteiger partial charge in [0.1, 0.15) is 11.3 Å². The maximum atomic E-state index is 6.02. The smallest absolute Gasteiger partial charge is 0.162 e. The van der Waals surface area contributed by atoms with Crippen molar-refractivity contribution in [2.75, 3.05) is 5.43 Å². The molecule has 0 radical (unpaired) electrons. The fraction of sp³-hybridized carbons (Fsp3) is 0.636. The maximum absolute atomic E-state index is 6.02. The van der Waals surface area contributed by atoms with Gasteiger partial charge in [-0.15, -0.1) is 0 Å². The molecule has 2 rings (SSSR count). The predicted octanol–water partition coefficient (Wildman–Crippen LogP) is 2.72. The van der Waals surface area contributed by atoms with Crippen LogP contribution in [0.1, 0.15) is 33.1 Å². The largest absolute Gasteiger partial charge is 0.301 e. The Kier molecular flexibility index (Phi) is 3.61. The summed E-state index contributed by atoms with van der Waals surface area (Å²) in [7, 11) is 0. The van der Waals surface area contributed by atoms with Crippen molar-refractivity contribution < 1.29 is 0 Å². The lowest BCUT2D eigenvalue weighted by molar-refractivity contribution is 0.135. The Hall–Kier alpha value is -0.870. The Morgan fingerprint density at radius 1 is 1.38 bits per heavy atom. The number of halogens is 1. The van der Waals surface area contributed by atoms with E-state index in [0.717, 1.165) is 0 Å². The molecule has 2 atom stereocenters. The van der Waals surface area contributed by atoms with E-state index in [2.05, 4.69) is 34.3 Å². The number of hydrogen-bond acceptors (Lipinski definition) is 4. The van der Waals surface area contributed by atoms with E-state index in [1.807, 2.05) is 0 Å². The second kappa shape index (κ2) is 4.97. The van der Waals surface area contributed by atoms with E-state index in [1.165, 1.54) is 25.6 Å². The molecule has 2 heterocycles. The van der Waals surface area contributed by atoms with Crippen LogP contribution in [0, 0.1) is 0 Å². The molecule has 1 aliphatic rings. The zero-order chi connectivity index (χ0) is 11.5. The summed E-state index contributed by atoms with van der Waals surface area (Å²) >= 11 is 6.02. The molecule has 5 heteroatoms. The second-order valence-electron chi connectivity index (χ2n) is 4.37. The highest BCUT2D eigenvalue weighted by molar-refractivity contribution is 6.32. The average Bonchev–Trinajstić information content (AvgIpc) is 2.26. The first-order valence-electron chi connectivity index (χ1n) is 5.69. The van der Waals surface area contributed by atoms with Gasteiger partial charge in [0.25, 0.3) is 0 Å². The lowest BCUT2D eigenvalue weighted by Crippen LogP contribution is -2.47. The van der Waals surface area contributed by atoms with Crippen molar-refractivity contribution >= 4 is 17.4 Å². The number of hydrazine groups is 1. The zero-order valence-corrected chi connectivity index (χ0v) is 10.4. The molecular formula is C11H17ClN4. The van der Waals surface area contributed by atoms with Crippen molar-refractivity contribution in [1.82, 2.24) is 15.0 Å². The van der Waals surface area contributed by atoms with Crippen molar-refractivity contribution in [3.05, 3.63) is 17.5 Å². The van der Waals surface area contributed by atoms with Crippen molar-refractivity contribution in [2.24, 2.45) is 0 Å². The number of hydrogen-bond donors (Lipinski definition) is 1. The molecule has 1 aromatic rings. The molecule has 16 heavy (non-hydrogen) atoms. The molecule has 1 fully saturated rings. The fourth-order valence-corrected chi connectivity index (χ4v) is 2.31. The Morgan fingerprint density at radius 3 is 2.69 bits per heavy atom. The third-order valence-corrected chi connectivity index (χ3v) is 3.37. The normalized spacial score (nSPS) is 26.7. The van der Waals surface area contributed by atoms with Gasteiger partial charge in [-0.1, -0.05) is 18.0 Å². The summed E-state index contributed by atoms with van der Waals surface area (Å²) in [5.74, 6) is 0.692. The number of rotatable bonds is 2.